The molecule has 0 bridgehead atoms. The maximum Gasteiger partial charge on any atom is 0.0414 e. The molecule has 1 N–H and O–H groups in total. The highest BCUT2D eigenvalue weighted by atomic mass is 33.1. The summed E-state index contributed by atoms with van der Waals surface area (Å²) in [5.41, 5.74) is 1.48. The Morgan fingerprint density at radius 2 is 1.65 bits per heavy atom. The van der Waals surface area contributed by atoms with Crippen LogP contribution in [0.2, 0.25) is 0 Å². The number of aliphatic hydroxyl groups is 1. The summed E-state index contributed by atoms with van der Waals surface area (Å²) in [7, 11) is 5.04. The molecule has 1 atom stereocenters. The van der Waals surface area contributed by atoms with Crippen LogP contribution in [0, 0.1) is 0 Å². The van der Waals surface area contributed by atoms with Crippen LogP contribution in [0.15, 0.2) is 30.3 Å². The van der Waals surface area contributed by atoms with E-state index in [1.165, 1.54) is 12.0 Å². The third-order valence-corrected chi connectivity index (χ3v) is 5.96. The van der Waals surface area contributed by atoms with E-state index in [9.17, 15) is 0 Å². The molecule has 0 saturated carbocycles. The van der Waals surface area contributed by atoms with E-state index in [2.05, 4.69) is 44.2 Å². The topological polar surface area (TPSA) is 20.2 Å². The fraction of sp³-hybridized carbons (Fsp3) is 0.571. The lowest BCUT2D eigenvalue weighted by Gasteiger charge is -2.14. The lowest BCUT2D eigenvalue weighted by Crippen LogP contribution is -2.09. The third-order valence-electron chi connectivity index (χ3n) is 2.24. The summed E-state index contributed by atoms with van der Waals surface area (Å²) in [6.07, 6.45) is 1.28. The molecular weight excluding hydrogens is 248 g/mol. The van der Waals surface area contributed by atoms with Crippen molar-refractivity contribution in [1.82, 2.24) is 0 Å². The summed E-state index contributed by atoms with van der Waals surface area (Å²) in [4.78, 5) is 0. The van der Waals surface area contributed by atoms with Gasteiger partial charge in [0.05, 0.1) is 0 Å². The molecule has 2 rings (SSSR count). The van der Waals surface area contributed by atoms with Crippen LogP contribution in [0.3, 0.4) is 0 Å². The van der Waals surface area contributed by atoms with Crippen molar-refractivity contribution in [2.45, 2.75) is 44.1 Å². The van der Waals surface area contributed by atoms with Gasteiger partial charge < -0.3 is 5.11 Å². The van der Waals surface area contributed by atoms with Crippen molar-refractivity contribution < 1.29 is 5.11 Å². The number of benzene rings is 1. The lowest BCUT2D eigenvalue weighted by atomic mass is 10.0. The molecular formula is C14H24OS2. The minimum atomic E-state index is 0.450. The van der Waals surface area contributed by atoms with Crippen LogP contribution in [0.1, 0.15) is 44.9 Å². The number of aliphatic hydroxyl groups excluding tert-OH is 1. The highest BCUT2D eigenvalue weighted by Gasteiger charge is 2.33. The first-order valence-electron chi connectivity index (χ1n) is 6.01. The van der Waals surface area contributed by atoms with Gasteiger partial charge in [0.25, 0.3) is 0 Å². The van der Waals surface area contributed by atoms with Crippen molar-refractivity contribution in [2.75, 3.05) is 7.11 Å². The minimum absolute atomic E-state index is 0.450. The van der Waals surface area contributed by atoms with E-state index in [1.807, 2.05) is 35.4 Å². The molecule has 1 fully saturated rings. The van der Waals surface area contributed by atoms with Crippen LogP contribution in [0.5, 0.6) is 0 Å². The van der Waals surface area contributed by atoms with Gasteiger partial charge in [-0.3, -0.25) is 0 Å². The van der Waals surface area contributed by atoms with Gasteiger partial charge in [0.2, 0.25) is 0 Å². The zero-order valence-corrected chi connectivity index (χ0v) is 13.1. The highest BCUT2D eigenvalue weighted by molar-refractivity contribution is 8.77. The Morgan fingerprint density at radius 1 is 1.12 bits per heavy atom. The van der Waals surface area contributed by atoms with Gasteiger partial charge in [-0.1, -0.05) is 65.8 Å². The standard InChI is InChI=1S/C11H14S2.C2H6.CH4O/c1-11(2)8-10(12-13-11)9-6-4-3-5-7-9;2*1-2/h3-7,10H,8H2,1-2H3;1-2H3;2H,1H3. The van der Waals surface area contributed by atoms with E-state index < -0.39 is 0 Å². The molecule has 0 amide bonds. The molecule has 0 spiro atoms. The van der Waals surface area contributed by atoms with Gasteiger partial charge in [0.1, 0.15) is 0 Å². The summed E-state index contributed by atoms with van der Waals surface area (Å²) < 4.78 is 0.450. The van der Waals surface area contributed by atoms with Crippen molar-refractivity contribution in [3.05, 3.63) is 35.9 Å². The van der Waals surface area contributed by atoms with E-state index in [4.69, 9.17) is 5.11 Å². The number of hydrogen-bond donors (Lipinski definition) is 1. The van der Waals surface area contributed by atoms with Crippen molar-refractivity contribution in [1.29, 1.82) is 0 Å². The van der Waals surface area contributed by atoms with Gasteiger partial charge in [-0.05, 0) is 25.8 Å². The molecule has 1 aromatic rings. The molecule has 1 unspecified atom stereocenters. The Hall–Kier alpha value is -0.120. The van der Waals surface area contributed by atoms with E-state index >= 15 is 0 Å². The Morgan fingerprint density at radius 3 is 2.06 bits per heavy atom. The summed E-state index contributed by atoms with van der Waals surface area (Å²) in [5.74, 6) is 0. The molecule has 1 nitrogen and oxygen atoms in total. The quantitative estimate of drug-likeness (QED) is 0.732. The van der Waals surface area contributed by atoms with Crippen LogP contribution in [-0.2, 0) is 0 Å². The largest absolute Gasteiger partial charge is 0.400 e. The lowest BCUT2D eigenvalue weighted by molar-refractivity contribution is 0.399. The average molecular weight is 272 g/mol. The summed E-state index contributed by atoms with van der Waals surface area (Å²) in [5, 5.41) is 7.70. The van der Waals surface area contributed by atoms with Crippen molar-refractivity contribution >= 4 is 21.6 Å². The first-order valence-corrected chi connectivity index (χ1v) is 8.23. The fourth-order valence-electron chi connectivity index (χ4n) is 1.54. The van der Waals surface area contributed by atoms with E-state index in [0.717, 1.165) is 7.11 Å². The molecule has 1 saturated heterocycles. The molecule has 1 heterocycles. The molecule has 1 aliphatic heterocycles. The van der Waals surface area contributed by atoms with Gasteiger partial charge in [-0.15, -0.1) is 0 Å². The molecule has 1 aromatic carbocycles. The highest BCUT2D eigenvalue weighted by Crippen LogP contribution is 2.57. The average Bonchev–Trinajstić information content (AvgIpc) is 2.76. The molecule has 1 aliphatic rings. The molecule has 98 valence electrons. The summed E-state index contributed by atoms with van der Waals surface area (Å²) >= 11 is 0. The van der Waals surface area contributed by atoms with Crippen LogP contribution < -0.4 is 0 Å². The van der Waals surface area contributed by atoms with Gasteiger partial charge in [0, 0.05) is 17.1 Å². The maximum atomic E-state index is 7.00. The first kappa shape index (κ1) is 16.9. The van der Waals surface area contributed by atoms with Gasteiger partial charge in [0.15, 0.2) is 0 Å². The first-order chi connectivity index (χ1) is 8.17. The van der Waals surface area contributed by atoms with E-state index in [1.54, 1.807) is 0 Å². The Balaban J connectivity index is 0.000000581. The van der Waals surface area contributed by atoms with Crippen LogP contribution in [-0.4, -0.2) is 17.0 Å². The van der Waals surface area contributed by atoms with E-state index in [-0.39, 0.29) is 0 Å². The van der Waals surface area contributed by atoms with Gasteiger partial charge in [-0.25, -0.2) is 0 Å². The predicted octanol–water partition coefficient (Wildman–Crippen LogP) is 4.93. The van der Waals surface area contributed by atoms with Crippen molar-refractivity contribution in [3.8, 4) is 0 Å². The van der Waals surface area contributed by atoms with Crippen molar-refractivity contribution in [3.63, 3.8) is 0 Å². The Bertz CT molecular complexity index is 286. The smallest absolute Gasteiger partial charge is 0.0414 e. The van der Waals surface area contributed by atoms with Gasteiger partial charge in [-0.2, -0.15) is 0 Å². The molecule has 17 heavy (non-hydrogen) atoms. The number of hydrogen-bond acceptors (Lipinski definition) is 3. The summed E-state index contributed by atoms with van der Waals surface area (Å²) in [6, 6.07) is 10.8. The SMILES string of the molecule is CC.CC1(C)CC(c2ccccc2)SS1.CO. The summed E-state index contributed by atoms with van der Waals surface area (Å²) in [6.45, 7) is 8.65. The monoisotopic (exact) mass is 272 g/mol. The van der Waals surface area contributed by atoms with Crippen LogP contribution >= 0.6 is 21.6 Å². The Labute approximate surface area is 114 Å². The van der Waals surface area contributed by atoms with Crippen molar-refractivity contribution in [2.24, 2.45) is 0 Å². The second-order valence-corrected chi connectivity index (χ2v) is 7.15. The zero-order valence-electron chi connectivity index (χ0n) is 11.4. The fourth-order valence-corrected chi connectivity index (χ4v) is 4.89. The maximum absolute atomic E-state index is 7.00. The predicted molar refractivity (Wildman–Crippen MR) is 82.6 cm³/mol. The van der Waals surface area contributed by atoms with E-state index in [0.29, 0.717) is 10.00 Å². The van der Waals surface area contributed by atoms with Gasteiger partial charge >= 0.3 is 0 Å². The van der Waals surface area contributed by atoms with Crippen LogP contribution in [0.4, 0.5) is 0 Å². The third kappa shape index (κ3) is 5.84. The second-order valence-electron chi connectivity index (χ2n) is 4.04. The van der Waals surface area contributed by atoms with Crippen LogP contribution in [0.25, 0.3) is 0 Å². The Kier molecular flexibility index (Phi) is 8.83. The zero-order chi connectivity index (χ0) is 13.3. The molecule has 0 radical (unpaired) electrons. The molecule has 3 heteroatoms. The number of rotatable bonds is 1. The second kappa shape index (κ2) is 8.90. The minimum Gasteiger partial charge on any atom is -0.400 e. The molecule has 0 aromatic heterocycles. The normalized spacial score (nSPS) is 20.7. The molecule has 0 aliphatic carbocycles.